The van der Waals surface area contributed by atoms with Gasteiger partial charge in [0.15, 0.2) is 0 Å². The van der Waals surface area contributed by atoms with Gasteiger partial charge in [-0.1, -0.05) is 89.1 Å². The first-order valence-electron chi connectivity index (χ1n) is 9.64. The smallest absolute Gasteiger partial charge is 0.318 e. The highest BCUT2D eigenvalue weighted by Crippen LogP contribution is 2.38. The molecule has 2 nitrogen and oxygen atoms in total. The molecule has 0 aliphatic carbocycles. The molecule has 0 aliphatic heterocycles. The molecule has 1 N–H and O–H groups in total. The fourth-order valence-corrected chi connectivity index (χ4v) is 3.42. The highest BCUT2D eigenvalue weighted by Gasteiger charge is 2.39. The third kappa shape index (κ3) is 4.26. The molecule has 0 radical (unpaired) electrons. The summed E-state index contributed by atoms with van der Waals surface area (Å²) in [4.78, 5) is 12.6. The zero-order valence-electron chi connectivity index (χ0n) is 18.3. The topological polar surface area (TPSA) is 37.3 Å². The van der Waals surface area contributed by atoms with Crippen LogP contribution in [0.4, 0.5) is 0 Å². The summed E-state index contributed by atoms with van der Waals surface area (Å²) in [6.07, 6.45) is 0. The Bertz CT molecular complexity index is 797. The van der Waals surface area contributed by atoms with Crippen LogP contribution in [0.15, 0.2) is 36.4 Å². The van der Waals surface area contributed by atoms with Crippen LogP contribution >= 0.6 is 0 Å². The van der Waals surface area contributed by atoms with Gasteiger partial charge in [0.05, 0.1) is 0 Å². The second-order valence-electron chi connectivity index (χ2n) is 10.1. The molecule has 0 saturated heterocycles. The fraction of sp³-hybridized carbons (Fsp3) is 0.480. The lowest BCUT2D eigenvalue weighted by molar-refractivity contribution is -0.141. The molecule has 0 fully saturated rings. The van der Waals surface area contributed by atoms with Gasteiger partial charge in [-0.05, 0) is 53.9 Å². The van der Waals surface area contributed by atoms with Gasteiger partial charge in [0.25, 0.3) is 0 Å². The third-order valence-electron chi connectivity index (χ3n) is 5.47. The molecule has 27 heavy (non-hydrogen) atoms. The van der Waals surface area contributed by atoms with Crippen LogP contribution in [0.1, 0.15) is 81.8 Å². The number of carboxylic acid groups (broad SMARTS) is 1. The molecule has 0 aliphatic rings. The Balaban J connectivity index is 2.80. The van der Waals surface area contributed by atoms with Gasteiger partial charge in [-0.15, -0.1) is 0 Å². The van der Waals surface area contributed by atoms with Gasteiger partial charge < -0.3 is 5.11 Å². The third-order valence-corrected chi connectivity index (χ3v) is 5.47. The fourth-order valence-electron chi connectivity index (χ4n) is 3.42. The monoisotopic (exact) mass is 366 g/mol. The molecule has 0 unspecified atom stereocenters. The van der Waals surface area contributed by atoms with Gasteiger partial charge >= 0.3 is 5.97 Å². The van der Waals surface area contributed by atoms with Crippen LogP contribution in [0.25, 0.3) is 0 Å². The Labute approximate surface area is 164 Å². The number of hydrogen-bond donors (Lipinski definition) is 1. The molecule has 2 heteroatoms. The van der Waals surface area contributed by atoms with E-state index in [1.807, 2.05) is 32.9 Å². The molecule has 2 rings (SSSR count). The predicted octanol–water partition coefficient (Wildman–Crippen LogP) is 6.29. The molecule has 0 spiro atoms. The average molecular weight is 367 g/mol. The Morgan fingerprint density at radius 1 is 0.630 bits per heavy atom. The molecule has 0 bridgehead atoms. The van der Waals surface area contributed by atoms with Gasteiger partial charge in [0.2, 0.25) is 0 Å². The average Bonchev–Trinajstić information content (AvgIpc) is 2.51. The van der Waals surface area contributed by atoms with Crippen molar-refractivity contribution in [1.29, 1.82) is 0 Å². The standard InChI is InChI=1S/C25H34O2/c1-16-10-18(23(3,4)5)14-20(12-16)25(9,22(26)27)21-13-17(2)11-19(15-21)24(6,7)8/h10-15H,1-9H3,(H,26,27). The minimum Gasteiger partial charge on any atom is -0.480 e. The van der Waals surface area contributed by atoms with Crippen LogP contribution in [0, 0.1) is 13.8 Å². The van der Waals surface area contributed by atoms with E-state index in [1.165, 1.54) is 0 Å². The van der Waals surface area contributed by atoms with Gasteiger partial charge in [0, 0.05) is 0 Å². The van der Waals surface area contributed by atoms with Crippen molar-refractivity contribution < 1.29 is 9.90 Å². The molecule has 2 aromatic rings. The quantitative estimate of drug-likeness (QED) is 0.693. The van der Waals surface area contributed by atoms with Gasteiger partial charge in [-0.2, -0.15) is 0 Å². The Kier molecular flexibility index (Phi) is 5.35. The SMILES string of the molecule is Cc1cc(C(C)(C)C)cc(C(C)(C(=O)O)c2cc(C)cc(C(C)(C)C)c2)c1. The van der Waals surface area contributed by atoms with E-state index in [2.05, 4.69) is 65.8 Å². The van der Waals surface area contributed by atoms with Crippen molar-refractivity contribution in [3.63, 3.8) is 0 Å². The first-order chi connectivity index (χ1) is 12.2. The number of hydrogen-bond acceptors (Lipinski definition) is 1. The maximum absolute atomic E-state index is 12.6. The number of carbonyl (C=O) groups is 1. The van der Waals surface area contributed by atoms with Crippen molar-refractivity contribution in [2.45, 2.75) is 78.6 Å². The van der Waals surface area contributed by atoms with Crippen molar-refractivity contribution in [1.82, 2.24) is 0 Å². The van der Waals surface area contributed by atoms with E-state index < -0.39 is 11.4 Å². The second-order valence-corrected chi connectivity index (χ2v) is 10.1. The number of aliphatic carboxylic acids is 1. The first kappa shape index (κ1) is 21.2. The Morgan fingerprint density at radius 3 is 1.19 bits per heavy atom. The molecule has 0 saturated carbocycles. The lowest BCUT2D eigenvalue weighted by atomic mass is 9.72. The molecular weight excluding hydrogens is 332 g/mol. The molecule has 146 valence electrons. The highest BCUT2D eigenvalue weighted by atomic mass is 16.4. The second kappa shape index (κ2) is 6.82. The molecule has 0 atom stereocenters. The highest BCUT2D eigenvalue weighted by molar-refractivity contribution is 5.86. The summed E-state index contributed by atoms with van der Waals surface area (Å²) >= 11 is 0. The van der Waals surface area contributed by atoms with Crippen LogP contribution in [0.5, 0.6) is 0 Å². The van der Waals surface area contributed by atoms with E-state index in [-0.39, 0.29) is 10.8 Å². The number of rotatable bonds is 3. The largest absolute Gasteiger partial charge is 0.480 e. The molecular formula is C25H34O2. The Hall–Kier alpha value is -2.09. The van der Waals surface area contributed by atoms with Crippen molar-refractivity contribution >= 4 is 5.97 Å². The van der Waals surface area contributed by atoms with E-state index in [1.54, 1.807) is 0 Å². The van der Waals surface area contributed by atoms with Crippen molar-refractivity contribution in [2.24, 2.45) is 0 Å². The van der Waals surface area contributed by atoms with Crippen LogP contribution in [0.2, 0.25) is 0 Å². The first-order valence-corrected chi connectivity index (χ1v) is 9.64. The summed E-state index contributed by atoms with van der Waals surface area (Å²) in [7, 11) is 0. The maximum atomic E-state index is 12.6. The summed E-state index contributed by atoms with van der Waals surface area (Å²) < 4.78 is 0. The molecule has 0 aromatic heterocycles. The van der Waals surface area contributed by atoms with E-state index in [0.717, 1.165) is 33.4 Å². The van der Waals surface area contributed by atoms with Crippen LogP contribution < -0.4 is 0 Å². The van der Waals surface area contributed by atoms with Crippen molar-refractivity contribution in [3.8, 4) is 0 Å². The van der Waals surface area contributed by atoms with Gasteiger partial charge in [0.1, 0.15) is 5.41 Å². The zero-order valence-corrected chi connectivity index (χ0v) is 18.3. The maximum Gasteiger partial charge on any atom is 0.318 e. The summed E-state index contributed by atoms with van der Waals surface area (Å²) in [6, 6.07) is 12.5. The van der Waals surface area contributed by atoms with E-state index in [4.69, 9.17) is 0 Å². The Morgan fingerprint density at radius 2 is 0.926 bits per heavy atom. The minimum absolute atomic E-state index is 0.0383. The summed E-state index contributed by atoms with van der Waals surface area (Å²) in [5.74, 6) is -0.821. The zero-order chi connectivity index (χ0) is 20.8. The van der Waals surface area contributed by atoms with E-state index in [0.29, 0.717) is 0 Å². The van der Waals surface area contributed by atoms with Gasteiger partial charge in [-0.25, -0.2) is 0 Å². The molecule has 2 aromatic carbocycles. The van der Waals surface area contributed by atoms with Gasteiger partial charge in [-0.3, -0.25) is 4.79 Å². The number of carboxylic acids is 1. The summed E-state index contributed by atoms with van der Waals surface area (Å²) in [6.45, 7) is 18.9. The summed E-state index contributed by atoms with van der Waals surface area (Å²) in [5.41, 5.74) is 5.01. The number of aryl methyl sites for hydroxylation is 2. The van der Waals surface area contributed by atoms with Crippen LogP contribution in [-0.4, -0.2) is 11.1 Å². The lowest BCUT2D eigenvalue weighted by Crippen LogP contribution is -2.35. The van der Waals surface area contributed by atoms with Crippen molar-refractivity contribution in [2.75, 3.05) is 0 Å². The van der Waals surface area contributed by atoms with Crippen LogP contribution in [-0.2, 0) is 21.0 Å². The van der Waals surface area contributed by atoms with E-state index in [9.17, 15) is 9.90 Å². The number of benzene rings is 2. The molecule has 0 heterocycles. The summed E-state index contributed by atoms with van der Waals surface area (Å²) in [5, 5.41) is 10.3. The predicted molar refractivity (Wildman–Crippen MR) is 114 cm³/mol. The lowest BCUT2D eigenvalue weighted by Gasteiger charge is -2.31. The van der Waals surface area contributed by atoms with Crippen molar-refractivity contribution in [3.05, 3.63) is 69.8 Å². The normalized spacial score (nSPS) is 12.9. The van der Waals surface area contributed by atoms with E-state index >= 15 is 0 Å². The minimum atomic E-state index is -1.10. The molecule has 0 amide bonds. The van der Waals surface area contributed by atoms with Crippen LogP contribution in [0.3, 0.4) is 0 Å².